The number of phenols is 2. The number of phenolic OH excluding ortho intramolecular Hbond substituents is 2. The molecule has 0 radical (unpaired) electrons. The summed E-state index contributed by atoms with van der Waals surface area (Å²) in [6, 6.07) is 11.0. The molecule has 0 aromatic heterocycles. The normalized spacial score (nSPS) is 11.6. The molecule has 0 aliphatic heterocycles. The maximum Gasteiger partial charge on any atom is 0.130 e. The number of hydrogen-bond acceptors (Lipinski definition) is 2. The van der Waals surface area contributed by atoms with Gasteiger partial charge in [0.15, 0.2) is 0 Å². The Hall–Kier alpha value is -1.00. The van der Waals surface area contributed by atoms with E-state index in [1.54, 1.807) is 12.1 Å². The maximum absolute atomic E-state index is 9.81. The van der Waals surface area contributed by atoms with Crippen LogP contribution in [-0.2, 0) is 5.41 Å². The van der Waals surface area contributed by atoms with Crippen molar-refractivity contribution in [2.45, 2.75) is 19.3 Å². The highest BCUT2D eigenvalue weighted by Crippen LogP contribution is 2.38. The van der Waals surface area contributed by atoms with Gasteiger partial charge in [0.1, 0.15) is 11.5 Å². The van der Waals surface area contributed by atoms with E-state index in [4.69, 9.17) is 0 Å². The van der Waals surface area contributed by atoms with Gasteiger partial charge in [-0.15, -0.1) is 0 Å². The van der Waals surface area contributed by atoms with Gasteiger partial charge in [-0.05, 0) is 67.3 Å². The van der Waals surface area contributed by atoms with Crippen molar-refractivity contribution in [2.24, 2.45) is 0 Å². The highest BCUT2D eigenvalue weighted by molar-refractivity contribution is 9.10. The topological polar surface area (TPSA) is 40.5 Å². The first-order chi connectivity index (χ1) is 8.82. The van der Waals surface area contributed by atoms with E-state index in [0.717, 1.165) is 11.1 Å². The van der Waals surface area contributed by atoms with Gasteiger partial charge in [0.25, 0.3) is 0 Å². The van der Waals surface area contributed by atoms with E-state index >= 15 is 0 Å². The van der Waals surface area contributed by atoms with Crippen molar-refractivity contribution < 1.29 is 10.2 Å². The standard InChI is InChI=1S/C15H14Br2O2/c1-15(2,9-4-6-13(18)12(17)7-9)10-3-5-11(16)14(19)8-10/h3-8,18-19H,1-2H3. The van der Waals surface area contributed by atoms with Crippen molar-refractivity contribution in [2.75, 3.05) is 0 Å². The molecule has 0 bridgehead atoms. The molecule has 0 heterocycles. The van der Waals surface area contributed by atoms with Gasteiger partial charge in [0.2, 0.25) is 0 Å². The van der Waals surface area contributed by atoms with Crippen molar-refractivity contribution in [3.63, 3.8) is 0 Å². The van der Waals surface area contributed by atoms with Crippen LogP contribution in [0.4, 0.5) is 0 Å². The molecule has 0 spiro atoms. The van der Waals surface area contributed by atoms with Crippen molar-refractivity contribution in [1.82, 2.24) is 0 Å². The van der Waals surface area contributed by atoms with Crippen LogP contribution in [0.15, 0.2) is 45.3 Å². The molecule has 2 aromatic rings. The van der Waals surface area contributed by atoms with Crippen molar-refractivity contribution in [3.05, 3.63) is 56.5 Å². The van der Waals surface area contributed by atoms with Crippen LogP contribution in [0.2, 0.25) is 0 Å². The van der Waals surface area contributed by atoms with Crippen LogP contribution in [-0.4, -0.2) is 10.2 Å². The van der Waals surface area contributed by atoms with Gasteiger partial charge >= 0.3 is 0 Å². The Morgan fingerprint density at radius 3 is 1.95 bits per heavy atom. The Morgan fingerprint density at radius 1 is 0.789 bits per heavy atom. The smallest absolute Gasteiger partial charge is 0.130 e. The van der Waals surface area contributed by atoms with Crippen LogP contribution in [0.5, 0.6) is 11.5 Å². The minimum absolute atomic E-state index is 0.221. The first kappa shape index (κ1) is 14.4. The van der Waals surface area contributed by atoms with Gasteiger partial charge in [-0.2, -0.15) is 0 Å². The number of rotatable bonds is 2. The number of benzene rings is 2. The van der Waals surface area contributed by atoms with Crippen molar-refractivity contribution >= 4 is 31.9 Å². The fraction of sp³-hybridized carbons (Fsp3) is 0.200. The number of aromatic hydroxyl groups is 2. The first-order valence-electron chi connectivity index (χ1n) is 5.80. The third-order valence-corrected chi connectivity index (χ3v) is 4.64. The fourth-order valence-electron chi connectivity index (χ4n) is 1.96. The van der Waals surface area contributed by atoms with Crippen LogP contribution >= 0.6 is 31.9 Å². The van der Waals surface area contributed by atoms with Crippen LogP contribution in [0.1, 0.15) is 25.0 Å². The quantitative estimate of drug-likeness (QED) is 0.767. The van der Waals surface area contributed by atoms with Crippen LogP contribution in [0, 0.1) is 0 Å². The van der Waals surface area contributed by atoms with Crippen LogP contribution in [0.25, 0.3) is 0 Å². The molecule has 2 N–H and O–H groups in total. The SMILES string of the molecule is CC(C)(c1ccc(Br)c(O)c1)c1ccc(O)c(Br)c1. The molecule has 2 nitrogen and oxygen atoms in total. The summed E-state index contributed by atoms with van der Waals surface area (Å²) in [6.45, 7) is 4.16. The Morgan fingerprint density at radius 2 is 1.37 bits per heavy atom. The van der Waals surface area contributed by atoms with E-state index < -0.39 is 0 Å². The lowest BCUT2D eigenvalue weighted by Gasteiger charge is -2.26. The zero-order valence-electron chi connectivity index (χ0n) is 10.6. The van der Waals surface area contributed by atoms with Crippen LogP contribution in [0.3, 0.4) is 0 Å². The zero-order valence-corrected chi connectivity index (χ0v) is 13.8. The lowest BCUT2D eigenvalue weighted by atomic mass is 9.78. The molecular weight excluding hydrogens is 372 g/mol. The zero-order chi connectivity index (χ0) is 14.2. The van der Waals surface area contributed by atoms with Gasteiger partial charge in [-0.3, -0.25) is 0 Å². The second-order valence-corrected chi connectivity index (χ2v) is 6.67. The summed E-state index contributed by atoms with van der Waals surface area (Å²) < 4.78 is 1.35. The third kappa shape index (κ3) is 2.79. The van der Waals surface area contributed by atoms with Crippen molar-refractivity contribution in [3.8, 4) is 11.5 Å². The van der Waals surface area contributed by atoms with E-state index in [0.29, 0.717) is 8.95 Å². The third-order valence-electron chi connectivity index (χ3n) is 3.34. The van der Waals surface area contributed by atoms with E-state index in [-0.39, 0.29) is 16.9 Å². The molecule has 0 atom stereocenters. The molecule has 0 aliphatic rings. The minimum atomic E-state index is -0.269. The molecule has 100 valence electrons. The Kier molecular flexibility index (Phi) is 3.92. The molecule has 2 rings (SSSR count). The van der Waals surface area contributed by atoms with Gasteiger partial charge in [0.05, 0.1) is 8.95 Å². The molecular formula is C15H14Br2O2. The predicted molar refractivity (Wildman–Crippen MR) is 83.7 cm³/mol. The molecule has 0 unspecified atom stereocenters. The summed E-state index contributed by atoms with van der Waals surface area (Å²) in [5.74, 6) is 0.446. The highest BCUT2D eigenvalue weighted by Gasteiger charge is 2.24. The van der Waals surface area contributed by atoms with E-state index in [1.807, 2.05) is 24.3 Å². The number of hydrogen-bond donors (Lipinski definition) is 2. The Labute approximate surface area is 129 Å². The summed E-state index contributed by atoms with van der Waals surface area (Å²) in [5.41, 5.74) is 1.79. The molecule has 0 fully saturated rings. The largest absolute Gasteiger partial charge is 0.507 e. The van der Waals surface area contributed by atoms with Gasteiger partial charge in [-0.25, -0.2) is 0 Å². The average molecular weight is 386 g/mol. The Bertz CT molecular complexity index is 568. The molecule has 0 amide bonds. The lowest BCUT2D eigenvalue weighted by molar-refractivity contribution is 0.467. The molecule has 0 saturated heterocycles. The van der Waals surface area contributed by atoms with Gasteiger partial charge < -0.3 is 10.2 Å². The molecule has 19 heavy (non-hydrogen) atoms. The van der Waals surface area contributed by atoms with Gasteiger partial charge in [-0.1, -0.05) is 26.0 Å². The summed E-state index contributed by atoms with van der Waals surface area (Å²) in [4.78, 5) is 0. The average Bonchev–Trinajstić information content (AvgIpc) is 2.35. The second-order valence-electron chi connectivity index (χ2n) is 4.96. The lowest BCUT2D eigenvalue weighted by Crippen LogP contribution is -2.18. The molecule has 0 saturated carbocycles. The van der Waals surface area contributed by atoms with Crippen molar-refractivity contribution in [1.29, 1.82) is 0 Å². The summed E-state index contributed by atoms with van der Waals surface area (Å²) in [7, 11) is 0. The monoisotopic (exact) mass is 384 g/mol. The summed E-state index contributed by atoms with van der Waals surface area (Å²) in [6.07, 6.45) is 0. The van der Waals surface area contributed by atoms with E-state index in [1.165, 1.54) is 0 Å². The first-order valence-corrected chi connectivity index (χ1v) is 7.39. The fourth-order valence-corrected chi connectivity index (χ4v) is 2.59. The Balaban J connectivity index is 2.51. The van der Waals surface area contributed by atoms with Crippen LogP contribution < -0.4 is 0 Å². The van der Waals surface area contributed by atoms with E-state index in [2.05, 4.69) is 45.7 Å². The second kappa shape index (κ2) is 5.17. The molecule has 2 aromatic carbocycles. The molecule has 0 aliphatic carbocycles. The number of halogens is 2. The molecule has 4 heteroatoms. The van der Waals surface area contributed by atoms with Gasteiger partial charge in [0, 0.05) is 5.41 Å². The maximum atomic E-state index is 9.81. The predicted octanol–water partition coefficient (Wildman–Crippen LogP) is 4.95. The summed E-state index contributed by atoms with van der Waals surface area (Å²) >= 11 is 6.61. The summed E-state index contributed by atoms with van der Waals surface area (Å²) in [5, 5.41) is 19.4. The van der Waals surface area contributed by atoms with E-state index in [9.17, 15) is 10.2 Å². The highest BCUT2D eigenvalue weighted by atomic mass is 79.9. The minimum Gasteiger partial charge on any atom is -0.507 e.